The molecule has 15 heavy (non-hydrogen) atoms. The molecule has 0 aliphatic rings. The van der Waals surface area contributed by atoms with Crippen LogP contribution in [0.3, 0.4) is 0 Å². The van der Waals surface area contributed by atoms with Crippen LogP contribution in [0.15, 0.2) is 18.2 Å². The van der Waals surface area contributed by atoms with Gasteiger partial charge in [-0.05, 0) is 36.5 Å². The number of benzene rings is 1. The molecule has 0 aromatic heterocycles. The summed E-state index contributed by atoms with van der Waals surface area (Å²) in [6, 6.07) is 4.17. The van der Waals surface area contributed by atoms with Gasteiger partial charge in [0.05, 0.1) is 0 Å². The number of nitrogens with two attached hydrogens (primary N) is 1. The molecule has 0 radical (unpaired) electrons. The van der Waals surface area contributed by atoms with Gasteiger partial charge in [-0.2, -0.15) is 0 Å². The first-order valence-electron chi connectivity index (χ1n) is 5.24. The summed E-state index contributed by atoms with van der Waals surface area (Å²) in [5.41, 5.74) is 6.66. The van der Waals surface area contributed by atoms with Crippen LogP contribution in [0.25, 0.3) is 0 Å². The number of halogens is 1. The van der Waals surface area contributed by atoms with Gasteiger partial charge in [0.2, 0.25) is 0 Å². The third-order valence-corrected chi connectivity index (χ3v) is 2.45. The summed E-state index contributed by atoms with van der Waals surface area (Å²) in [4.78, 5) is 0. The maximum absolute atomic E-state index is 13.0. The van der Waals surface area contributed by atoms with Crippen molar-refractivity contribution in [3.8, 4) is 5.75 Å². The first-order valence-corrected chi connectivity index (χ1v) is 5.24. The van der Waals surface area contributed by atoms with Crippen LogP contribution in [0.4, 0.5) is 4.39 Å². The Hall–Kier alpha value is -1.09. The average Bonchev–Trinajstić information content (AvgIpc) is 2.18. The summed E-state index contributed by atoms with van der Waals surface area (Å²) < 4.78 is 13.0. The van der Waals surface area contributed by atoms with Crippen molar-refractivity contribution in [3.63, 3.8) is 0 Å². The van der Waals surface area contributed by atoms with Crippen LogP contribution in [-0.2, 0) is 0 Å². The molecule has 0 heterocycles. The summed E-state index contributed by atoms with van der Waals surface area (Å²) in [6.07, 6.45) is 1.85. The minimum Gasteiger partial charge on any atom is -0.505 e. The van der Waals surface area contributed by atoms with Gasteiger partial charge < -0.3 is 10.8 Å². The third kappa shape index (κ3) is 3.51. The van der Waals surface area contributed by atoms with Crippen molar-refractivity contribution in [1.82, 2.24) is 0 Å². The van der Waals surface area contributed by atoms with Gasteiger partial charge in [-0.1, -0.05) is 19.9 Å². The average molecular weight is 211 g/mol. The fourth-order valence-corrected chi connectivity index (χ4v) is 1.43. The Kier molecular flexibility index (Phi) is 4.09. The predicted octanol–water partition coefficient (Wildman–Crippen LogP) is 2.97. The second-order valence-corrected chi connectivity index (χ2v) is 4.29. The third-order valence-electron chi connectivity index (χ3n) is 2.45. The van der Waals surface area contributed by atoms with Crippen molar-refractivity contribution in [3.05, 3.63) is 29.6 Å². The smallest absolute Gasteiger partial charge is 0.165 e. The fraction of sp³-hybridized carbons (Fsp3) is 0.500. The molecule has 0 aliphatic heterocycles. The molecule has 1 rings (SSSR count). The highest BCUT2D eigenvalue weighted by molar-refractivity contribution is 5.29. The van der Waals surface area contributed by atoms with E-state index < -0.39 is 5.82 Å². The molecule has 0 saturated heterocycles. The second kappa shape index (κ2) is 5.12. The van der Waals surface area contributed by atoms with E-state index in [0.29, 0.717) is 5.92 Å². The van der Waals surface area contributed by atoms with E-state index in [1.807, 2.05) is 0 Å². The molecule has 0 spiro atoms. The van der Waals surface area contributed by atoms with Crippen LogP contribution < -0.4 is 5.73 Å². The van der Waals surface area contributed by atoms with Gasteiger partial charge in [-0.25, -0.2) is 4.39 Å². The molecule has 0 unspecified atom stereocenters. The Morgan fingerprint density at radius 3 is 2.53 bits per heavy atom. The normalized spacial score (nSPS) is 13.1. The monoisotopic (exact) mass is 211 g/mol. The Labute approximate surface area is 89.9 Å². The lowest BCUT2D eigenvalue weighted by Crippen LogP contribution is -2.11. The lowest BCUT2D eigenvalue weighted by atomic mass is 9.98. The minimum absolute atomic E-state index is 0.150. The van der Waals surface area contributed by atoms with E-state index in [-0.39, 0.29) is 11.8 Å². The van der Waals surface area contributed by atoms with Gasteiger partial charge >= 0.3 is 0 Å². The molecule has 0 bridgehead atoms. The van der Waals surface area contributed by atoms with E-state index in [4.69, 9.17) is 10.8 Å². The summed E-state index contributed by atoms with van der Waals surface area (Å²) in [5, 5.41) is 9.03. The molecule has 1 atom stereocenters. The van der Waals surface area contributed by atoms with Crippen LogP contribution >= 0.6 is 0 Å². The first-order chi connectivity index (χ1) is 7.00. The molecule has 3 N–H and O–H groups in total. The van der Waals surface area contributed by atoms with Crippen molar-refractivity contribution in [2.45, 2.75) is 32.7 Å². The molecular weight excluding hydrogens is 193 g/mol. The summed E-state index contributed by atoms with van der Waals surface area (Å²) in [6.45, 7) is 4.26. The van der Waals surface area contributed by atoms with E-state index in [1.54, 1.807) is 6.07 Å². The topological polar surface area (TPSA) is 46.2 Å². The molecule has 0 amide bonds. The van der Waals surface area contributed by atoms with Crippen LogP contribution in [0.2, 0.25) is 0 Å². The van der Waals surface area contributed by atoms with E-state index in [1.165, 1.54) is 12.1 Å². The van der Waals surface area contributed by atoms with Gasteiger partial charge in [0.1, 0.15) is 0 Å². The molecular formula is C12H18FNO. The fourth-order valence-electron chi connectivity index (χ4n) is 1.43. The SMILES string of the molecule is CC(C)CC[C@H](N)c1ccc(O)c(F)c1. The highest BCUT2D eigenvalue weighted by Crippen LogP contribution is 2.23. The lowest BCUT2D eigenvalue weighted by molar-refractivity contribution is 0.430. The molecule has 1 aromatic carbocycles. The zero-order valence-electron chi connectivity index (χ0n) is 9.20. The largest absolute Gasteiger partial charge is 0.505 e. The molecule has 0 aliphatic carbocycles. The molecule has 0 fully saturated rings. The Balaban J connectivity index is 2.65. The summed E-state index contributed by atoms with van der Waals surface area (Å²) >= 11 is 0. The van der Waals surface area contributed by atoms with E-state index >= 15 is 0 Å². The van der Waals surface area contributed by atoms with E-state index in [0.717, 1.165) is 18.4 Å². The van der Waals surface area contributed by atoms with E-state index in [2.05, 4.69) is 13.8 Å². The van der Waals surface area contributed by atoms with E-state index in [9.17, 15) is 4.39 Å². The standard InChI is InChI=1S/C12H18FNO/c1-8(2)3-5-11(14)9-4-6-12(15)10(13)7-9/h4,6-8,11,15H,3,5,14H2,1-2H3/t11-/m0/s1. The summed E-state index contributed by atoms with van der Waals surface area (Å²) in [7, 11) is 0. The number of aromatic hydroxyl groups is 1. The highest BCUT2D eigenvalue weighted by atomic mass is 19.1. The van der Waals surface area contributed by atoms with Gasteiger partial charge in [0.25, 0.3) is 0 Å². The quantitative estimate of drug-likeness (QED) is 0.804. The van der Waals surface area contributed by atoms with Gasteiger partial charge in [-0.3, -0.25) is 0 Å². The van der Waals surface area contributed by atoms with Crippen molar-refractivity contribution in [2.24, 2.45) is 11.7 Å². The molecule has 3 heteroatoms. The molecule has 84 valence electrons. The zero-order valence-corrected chi connectivity index (χ0v) is 9.20. The van der Waals surface area contributed by atoms with Crippen molar-refractivity contribution < 1.29 is 9.50 Å². The number of phenols is 1. The van der Waals surface area contributed by atoms with Crippen LogP contribution in [0.5, 0.6) is 5.75 Å². The number of phenolic OH excluding ortho intramolecular Hbond substituents is 1. The van der Waals surface area contributed by atoms with Crippen molar-refractivity contribution >= 4 is 0 Å². The maximum atomic E-state index is 13.0. The van der Waals surface area contributed by atoms with Crippen LogP contribution in [-0.4, -0.2) is 5.11 Å². The zero-order chi connectivity index (χ0) is 11.4. The first kappa shape index (κ1) is 12.0. The van der Waals surface area contributed by atoms with Gasteiger partial charge in [0.15, 0.2) is 11.6 Å². The predicted molar refractivity (Wildman–Crippen MR) is 59.1 cm³/mol. The van der Waals surface area contributed by atoms with Crippen molar-refractivity contribution in [2.75, 3.05) is 0 Å². The maximum Gasteiger partial charge on any atom is 0.165 e. The number of hydrogen-bond donors (Lipinski definition) is 2. The van der Waals surface area contributed by atoms with Crippen LogP contribution in [0, 0.1) is 11.7 Å². The number of rotatable bonds is 4. The minimum atomic E-state index is -0.604. The van der Waals surface area contributed by atoms with Crippen molar-refractivity contribution in [1.29, 1.82) is 0 Å². The molecule has 0 saturated carbocycles. The Morgan fingerprint density at radius 2 is 2.00 bits per heavy atom. The lowest BCUT2D eigenvalue weighted by Gasteiger charge is -2.13. The van der Waals surface area contributed by atoms with Gasteiger partial charge in [0, 0.05) is 6.04 Å². The molecule has 1 aromatic rings. The Morgan fingerprint density at radius 1 is 1.33 bits per heavy atom. The number of hydrogen-bond acceptors (Lipinski definition) is 2. The molecule has 2 nitrogen and oxygen atoms in total. The second-order valence-electron chi connectivity index (χ2n) is 4.29. The highest BCUT2D eigenvalue weighted by Gasteiger charge is 2.09. The Bertz CT molecular complexity index is 325. The van der Waals surface area contributed by atoms with Crippen LogP contribution in [0.1, 0.15) is 38.3 Å². The van der Waals surface area contributed by atoms with Gasteiger partial charge in [-0.15, -0.1) is 0 Å². The summed E-state index contributed by atoms with van der Waals surface area (Å²) in [5.74, 6) is -0.333.